The molecule has 2 rings (SSSR count). The largest absolute Gasteiger partial charge is 0.312 e. The predicted octanol–water partition coefficient (Wildman–Crippen LogP) is 0.385. The first kappa shape index (κ1) is 19.0. The second-order valence-corrected chi connectivity index (χ2v) is 8.66. The molecule has 1 fully saturated rings. The summed E-state index contributed by atoms with van der Waals surface area (Å²) in [5, 5.41) is 3.14. The zero-order valence-corrected chi connectivity index (χ0v) is 14.4. The molecule has 1 aromatic rings. The van der Waals surface area contributed by atoms with E-state index in [4.69, 9.17) is 4.55 Å². The number of sulfonamides is 1. The monoisotopic (exact) mass is 350 g/mol. The van der Waals surface area contributed by atoms with E-state index in [0.717, 1.165) is 12.1 Å². The van der Waals surface area contributed by atoms with Crippen LogP contribution in [0.15, 0.2) is 29.2 Å². The van der Waals surface area contributed by atoms with Gasteiger partial charge in [0.25, 0.3) is 10.1 Å². The second-order valence-electron chi connectivity index (χ2n) is 5.40. The predicted molar refractivity (Wildman–Crippen MR) is 84.8 cm³/mol. The SMILES string of the molecule is C[C@@H]1CN[C@@H]1CNS(C)(=O)=O.Cc1ccc(S(=O)(=O)O)cc1. The molecule has 1 heterocycles. The van der Waals surface area contributed by atoms with Crippen LogP contribution in [0.5, 0.6) is 0 Å². The lowest BCUT2D eigenvalue weighted by molar-refractivity contribution is 0.255. The van der Waals surface area contributed by atoms with Crippen LogP contribution in [0.2, 0.25) is 0 Å². The summed E-state index contributed by atoms with van der Waals surface area (Å²) in [5.74, 6) is 0.587. The molecule has 9 heteroatoms. The molecule has 0 amide bonds. The van der Waals surface area contributed by atoms with Crippen LogP contribution in [-0.2, 0) is 20.1 Å². The smallest absolute Gasteiger partial charge is 0.294 e. The van der Waals surface area contributed by atoms with Crippen LogP contribution < -0.4 is 10.0 Å². The molecule has 1 aliphatic rings. The Bertz CT molecular complexity index is 684. The van der Waals surface area contributed by atoms with Crippen LogP contribution in [0.4, 0.5) is 0 Å². The Kier molecular flexibility index (Phi) is 6.50. The van der Waals surface area contributed by atoms with Gasteiger partial charge in [0.1, 0.15) is 0 Å². The Balaban J connectivity index is 0.000000220. The number of nitrogens with one attached hydrogen (secondary N) is 2. The first-order valence-electron chi connectivity index (χ1n) is 6.71. The van der Waals surface area contributed by atoms with Crippen molar-refractivity contribution in [3.63, 3.8) is 0 Å². The molecule has 22 heavy (non-hydrogen) atoms. The molecular weight excluding hydrogens is 328 g/mol. The van der Waals surface area contributed by atoms with Crippen molar-refractivity contribution in [1.82, 2.24) is 10.0 Å². The average molecular weight is 350 g/mol. The van der Waals surface area contributed by atoms with E-state index < -0.39 is 20.1 Å². The maximum Gasteiger partial charge on any atom is 0.294 e. The molecule has 2 atom stereocenters. The average Bonchev–Trinajstić information content (AvgIpc) is 2.36. The number of rotatable bonds is 4. The van der Waals surface area contributed by atoms with Crippen LogP contribution in [0.1, 0.15) is 12.5 Å². The number of aryl methyl sites for hydroxylation is 1. The molecule has 1 aliphatic heterocycles. The van der Waals surface area contributed by atoms with Crippen LogP contribution in [0.3, 0.4) is 0 Å². The van der Waals surface area contributed by atoms with Gasteiger partial charge in [-0.2, -0.15) is 8.42 Å². The Labute approximate surface area is 131 Å². The van der Waals surface area contributed by atoms with E-state index in [1.165, 1.54) is 18.4 Å². The minimum absolute atomic E-state index is 0.0666. The molecule has 3 N–H and O–H groups in total. The summed E-state index contributed by atoms with van der Waals surface area (Å²) >= 11 is 0. The van der Waals surface area contributed by atoms with E-state index in [2.05, 4.69) is 17.0 Å². The molecule has 0 spiro atoms. The summed E-state index contributed by atoms with van der Waals surface area (Å²) in [6, 6.07) is 6.31. The molecule has 0 aromatic heterocycles. The Morgan fingerprint density at radius 2 is 1.77 bits per heavy atom. The Hall–Kier alpha value is -1.00. The highest BCUT2D eigenvalue weighted by atomic mass is 32.2. The highest BCUT2D eigenvalue weighted by Gasteiger charge is 2.25. The van der Waals surface area contributed by atoms with Gasteiger partial charge in [-0.3, -0.25) is 4.55 Å². The molecule has 0 bridgehead atoms. The number of benzene rings is 1. The topological polar surface area (TPSA) is 113 Å². The van der Waals surface area contributed by atoms with Gasteiger partial charge in [0.15, 0.2) is 0 Å². The van der Waals surface area contributed by atoms with Crippen molar-refractivity contribution in [2.75, 3.05) is 19.3 Å². The van der Waals surface area contributed by atoms with E-state index in [-0.39, 0.29) is 4.90 Å². The fourth-order valence-corrected chi connectivity index (χ4v) is 2.71. The van der Waals surface area contributed by atoms with Gasteiger partial charge in [-0.1, -0.05) is 24.6 Å². The van der Waals surface area contributed by atoms with Crippen molar-refractivity contribution in [2.24, 2.45) is 5.92 Å². The van der Waals surface area contributed by atoms with E-state index in [1.807, 2.05) is 6.92 Å². The van der Waals surface area contributed by atoms with Crippen LogP contribution in [0.25, 0.3) is 0 Å². The molecule has 7 nitrogen and oxygen atoms in total. The minimum Gasteiger partial charge on any atom is -0.312 e. The lowest BCUT2D eigenvalue weighted by Crippen LogP contribution is -2.56. The highest BCUT2D eigenvalue weighted by Crippen LogP contribution is 2.10. The molecule has 0 unspecified atom stereocenters. The van der Waals surface area contributed by atoms with Crippen LogP contribution in [-0.4, -0.2) is 46.8 Å². The third-order valence-electron chi connectivity index (χ3n) is 3.27. The summed E-state index contributed by atoms with van der Waals surface area (Å²) < 4.78 is 53.3. The van der Waals surface area contributed by atoms with E-state index >= 15 is 0 Å². The van der Waals surface area contributed by atoms with Gasteiger partial charge in [0.05, 0.1) is 11.2 Å². The van der Waals surface area contributed by atoms with Crippen LogP contribution in [0, 0.1) is 12.8 Å². The van der Waals surface area contributed by atoms with Gasteiger partial charge in [-0.15, -0.1) is 0 Å². The molecule has 1 saturated heterocycles. The summed E-state index contributed by atoms with van der Waals surface area (Å²) in [5.41, 5.74) is 0.956. The molecule has 1 aromatic carbocycles. The minimum atomic E-state index is -4.02. The lowest BCUT2D eigenvalue weighted by atomic mass is 9.94. The zero-order valence-electron chi connectivity index (χ0n) is 12.8. The Morgan fingerprint density at radius 1 is 1.23 bits per heavy atom. The molecule has 0 saturated carbocycles. The van der Waals surface area contributed by atoms with E-state index in [9.17, 15) is 16.8 Å². The quantitative estimate of drug-likeness (QED) is 0.677. The van der Waals surface area contributed by atoms with Gasteiger partial charge in [0, 0.05) is 12.6 Å². The summed E-state index contributed by atoms with van der Waals surface area (Å²) in [6.45, 7) is 5.45. The van der Waals surface area contributed by atoms with Crippen molar-refractivity contribution < 1.29 is 21.4 Å². The first-order valence-corrected chi connectivity index (χ1v) is 10.0. The molecule has 126 valence electrons. The van der Waals surface area contributed by atoms with Gasteiger partial charge >= 0.3 is 0 Å². The summed E-state index contributed by atoms with van der Waals surface area (Å²) in [7, 11) is -7.03. The van der Waals surface area contributed by atoms with Crippen LogP contribution >= 0.6 is 0 Å². The number of hydrogen-bond donors (Lipinski definition) is 3. The zero-order chi connectivity index (χ0) is 17.0. The maximum atomic E-state index is 10.6. The molecular formula is C13H22N2O5S2. The van der Waals surface area contributed by atoms with E-state index in [0.29, 0.717) is 18.5 Å². The summed E-state index contributed by atoms with van der Waals surface area (Å²) in [6.07, 6.45) is 1.18. The van der Waals surface area contributed by atoms with Gasteiger partial charge < -0.3 is 5.32 Å². The van der Waals surface area contributed by atoms with Crippen molar-refractivity contribution in [2.45, 2.75) is 24.8 Å². The van der Waals surface area contributed by atoms with E-state index in [1.54, 1.807) is 12.1 Å². The van der Waals surface area contributed by atoms with Crippen molar-refractivity contribution in [3.8, 4) is 0 Å². The first-order chi connectivity index (χ1) is 9.99. The lowest BCUT2D eigenvalue weighted by Gasteiger charge is -2.35. The number of hydrogen-bond acceptors (Lipinski definition) is 5. The second kappa shape index (κ2) is 7.51. The third kappa shape index (κ3) is 6.84. The maximum absolute atomic E-state index is 10.6. The fraction of sp³-hybridized carbons (Fsp3) is 0.538. The van der Waals surface area contributed by atoms with Gasteiger partial charge in [-0.25, -0.2) is 13.1 Å². The normalized spacial score (nSPS) is 21.5. The van der Waals surface area contributed by atoms with Crippen molar-refractivity contribution >= 4 is 20.1 Å². The van der Waals surface area contributed by atoms with Gasteiger partial charge in [-0.05, 0) is 31.5 Å². The fourth-order valence-electron chi connectivity index (χ4n) is 1.74. The standard InChI is InChI=1S/C7H8O3S.C6H14N2O2S/c1-6-2-4-7(5-3-6)11(8,9)10;1-5-3-7-6(5)4-8-11(2,9)10/h2-5H,1H3,(H,8,9,10);5-8H,3-4H2,1-2H3/t;5-,6-/m.1/s1. The Morgan fingerprint density at radius 3 is 2.09 bits per heavy atom. The molecule has 0 aliphatic carbocycles. The third-order valence-corrected chi connectivity index (χ3v) is 4.83. The summed E-state index contributed by atoms with van der Waals surface area (Å²) in [4.78, 5) is -0.0666. The van der Waals surface area contributed by atoms with Gasteiger partial charge in [0.2, 0.25) is 10.0 Å². The van der Waals surface area contributed by atoms with Crippen molar-refractivity contribution in [1.29, 1.82) is 0 Å². The van der Waals surface area contributed by atoms with Crippen molar-refractivity contribution in [3.05, 3.63) is 29.8 Å². The molecule has 0 radical (unpaired) electrons. The highest BCUT2D eigenvalue weighted by molar-refractivity contribution is 7.88.